The third kappa shape index (κ3) is 3.92. The zero-order valence-corrected chi connectivity index (χ0v) is 21.5. The summed E-state index contributed by atoms with van der Waals surface area (Å²) in [6.07, 6.45) is 2.09. The van der Waals surface area contributed by atoms with Gasteiger partial charge >= 0.3 is 0 Å². The Morgan fingerprint density at radius 1 is 0.730 bits per heavy atom. The molecule has 6 aromatic rings. The number of hydrogen-bond acceptors (Lipinski definition) is 1. The highest BCUT2D eigenvalue weighted by Crippen LogP contribution is 2.40. The molecule has 0 amide bonds. The van der Waals surface area contributed by atoms with Crippen molar-refractivity contribution in [2.75, 3.05) is 0 Å². The van der Waals surface area contributed by atoms with E-state index < -0.39 is 0 Å². The number of hydrogen-bond donors (Lipinski definition) is 0. The van der Waals surface area contributed by atoms with Crippen LogP contribution >= 0.6 is 0 Å². The maximum atomic E-state index is 16.0. The Balaban J connectivity index is 1.51. The van der Waals surface area contributed by atoms with Crippen molar-refractivity contribution in [1.82, 2.24) is 0 Å². The normalized spacial score (nSPS) is 11.6. The van der Waals surface area contributed by atoms with E-state index in [4.69, 9.17) is 4.42 Å². The van der Waals surface area contributed by atoms with Crippen LogP contribution < -0.4 is 4.57 Å². The topological polar surface area (TPSA) is 17.0 Å². The van der Waals surface area contributed by atoms with Crippen LogP contribution in [0.3, 0.4) is 0 Å². The molecular formula is C34H29FNO+. The minimum Gasteiger partial charge on any atom is -0.452 e. The highest BCUT2D eigenvalue weighted by Gasteiger charge is 2.23. The molecule has 4 aromatic carbocycles. The molecule has 0 radical (unpaired) electrons. The summed E-state index contributed by atoms with van der Waals surface area (Å²) in [6, 6.07) is 30.6. The first kappa shape index (κ1) is 23.2. The number of fused-ring (bicyclic) bond motifs is 3. The monoisotopic (exact) mass is 486 g/mol. The summed E-state index contributed by atoms with van der Waals surface area (Å²) in [5, 5.41) is 1.72. The summed E-state index contributed by atoms with van der Waals surface area (Å²) in [7, 11) is 2.04. The molecule has 0 aliphatic rings. The molecule has 0 atom stereocenters. The second kappa shape index (κ2) is 9.01. The average Bonchev–Trinajstić information content (AvgIpc) is 3.29. The molecule has 182 valence electrons. The van der Waals surface area contributed by atoms with Crippen LogP contribution in [0.5, 0.6) is 0 Å². The molecule has 2 heterocycles. The van der Waals surface area contributed by atoms with Gasteiger partial charge in [-0.25, -0.2) is 8.96 Å². The second-order valence-corrected chi connectivity index (χ2v) is 10.1. The van der Waals surface area contributed by atoms with Gasteiger partial charge in [-0.15, -0.1) is 0 Å². The third-order valence-corrected chi connectivity index (χ3v) is 7.36. The average molecular weight is 487 g/mol. The lowest BCUT2D eigenvalue weighted by Gasteiger charge is -2.09. The number of halogens is 1. The molecule has 0 aliphatic heterocycles. The standard InChI is InChI=1S/C34H29FNO/c1-21(2)26-18-19-36(4)30(20-26)31-22(3)10-15-28-29-17-16-27(32(35)34(29)37-33(28)31)25-13-11-24(12-14-25)23-8-6-5-7-9-23/h5-21H,1-4H3/q+1. The van der Waals surface area contributed by atoms with Gasteiger partial charge in [-0.2, -0.15) is 0 Å². The highest BCUT2D eigenvalue weighted by atomic mass is 19.1. The van der Waals surface area contributed by atoms with E-state index in [1.54, 1.807) is 0 Å². The summed E-state index contributed by atoms with van der Waals surface area (Å²) >= 11 is 0. The van der Waals surface area contributed by atoms with E-state index in [0.717, 1.165) is 49.9 Å². The van der Waals surface area contributed by atoms with E-state index in [0.29, 0.717) is 17.1 Å². The number of rotatable bonds is 4. The van der Waals surface area contributed by atoms with E-state index in [1.807, 2.05) is 67.7 Å². The van der Waals surface area contributed by atoms with Gasteiger partial charge in [-0.3, -0.25) is 0 Å². The fourth-order valence-electron chi connectivity index (χ4n) is 5.18. The number of furan rings is 1. The van der Waals surface area contributed by atoms with Gasteiger partial charge < -0.3 is 4.42 Å². The van der Waals surface area contributed by atoms with Crippen molar-refractivity contribution in [3.05, 3.63) is 114 Å². The van der Waals surface area contributed by atoms with Gasteiger partial charge in [0.15, 0.2) is 17.6 Å². The van der Waals surface area contributed by atoms with Crippen LogP contribution in [0.15, 0.2) is 102 Å². The Hall–Kier alpha value is -4.24. The van der Waals surface area contributed by atoms with Crippen molar-refractivity contribution in [3.63, 3.8) is 0 Å². The van der Waals surface area contributed by atoms with Gasteiger partial charge in [0.05, 0.1) is 5.56 Å². The summed E-state index contributed by atoms with van der Waals surface area (Å²) in [5.41, 5.74) is 9.05. The van der Waals surface area contributed by atoms with Crippen LogP contribution in [0.2, 0.25) is 0 Å². The minimum absolute atomic E-state index is 0.300. The molecule has 0 saturated heterocycles. The van der Waals surface area contributed by atoms with E-state index in [2.05, 4.69) is 61.9 Å². The molecule has 3 heteroatoms. The number of pyridine rings is 1. The number of aryl methyl sites for hydroxylation is 2. The molecule has 0 bridgehead atoms. The molecule has 0 saturated carbocycles. The summed E-state index contributed by atoms with van der Waals surface area (Å²) in [6.45, 7) is 6.47. The molecule has 37 heavy (non-hydrogen) atoms. The van der Waals surface area contributed by atoms with Gasteiger partial charge in [0.1, 0.15) is 12.6 Å². The van der Waals surface area contributed by atoms with Crippen LogP contribution in [-0.2, 0) is 7.05 Å². The van der Waals surface area contributed by atoms with Gasteiger partial charge in [0.25, 0.3) is 0 Å². The predicted octanol–water partition coefficient (Wildman–Crippen LogP) is 8.98. The summed E-state index contributed by atoms with van der Waals surface area (Å²) in [5.74, 6) is 0.0773. The largest absolute Gasteiger partial charge is 0.452 e. The molecular weight excluding hydrogens is 457 g/mol. The van der Waals surface area contributed by atoms with Crippen LogP contribution in [0.1, 0.15) is 30.9 Å². The smallest absolute Gasteiger partial charge is 0.216 e. The SMILES string of the molecule is Cc1ccc2c(oc3c(F)c(-c4ccc(-c5ccccc5)cc4)ccc32)c1-c1cc(C(C)C)cc[n+]1C. The molecule has 0 unspecified atom stereocenters. The predicted molar refractivity (Wildman–Crippen MR) is 150 cm³/mol. The lowest BCUT2D eigenvalue weighted by atomic mass is 9.96. The zero-order valence-electron chi connectivity index (χ0n) is 21.5. The third-order valence-electron chi connectivity index (χ3n) is 7.36. The minimum atomic E-state index is -0.329. The van der Waals surface area contributed by atoms with Crippen molar-refractivity contribution < 1.29 is 13.4 Å². The zero-order chi connectivity index (χ0) is 25.7. The van der Waals surface area contributed by atoms with Gasteiger partial charge in [-0.05, 0) is 46.7 Å². The van der Waals surface area contributed by atoms with Crippen molar-refractivity contribution in [3.8, 4) is 33.5 Å². The van der Waals surface area contributed by atoms with Crippen LogP contribution in [0.4, 0.5) is 4.39 Å². The first-order chi connectivity index (χ1) is 17.9. The van der Waals surface area contributed by atoms with Crippen molar-refractivity contribution in [2.24, 2.45) is 7.05 Å². The van der Waals surface area contributed by atoms with Crippen molar-refractivity contribution in [1.29, 1.82) is 0 Å². The number of aromatic nitrogens is 1. The molecule has 6 rings (SSSR count). The molecule has 0 spiro atoms. The first-order valence-corrected chi connectivity index (χ1v) is 12.7. The van der Waals surface area contributed by atoms with Crippen LogP contribution in [-0.4, -0.2) is 0 Å². The van der Waals surface area contributed by atoms with Crippen LogP contribution in [0.25, 0.3) is 55.4 Å². The Bertz CT molecular complexity index is 1760. The van der Waals surface area contributed by atoms with Gasteiger partial charge in [0.2, 0.25) is 5.69 Å². The molecule has 0 aliphatic carbocycles. The second-order valence-electron chi connectivity index (χ2n) is 10.1. The number of benzene rings is 4. The molecule has 2 nitrogen and oxygen atoms in total. The Morgan fingerprint density at radius 2 is 1.38 bits per heavy atom. The van der Waals surface area contributed by atoms with E-state index in [9.17, 15) is 0 Å². The Labute approximate surface area is 216 Å². The maximum Gasteiger partial charge on any atom is 0.216 e. The first-order valence-electron chi connectivity index (χ1n) is 12.7. The fourth-order valence-corrected chi connectivity index (χ4v) is 5.18. The lowest BCUT2D eigenvalue weighted by Crippen LogP contribution is -2.31. The van der Waals surface area contributed by atoms with Gasteiger partial charge in [0, 0.05) is 28.5 Å². The summed E-state index contributed by atoms with van der Waals surface area (Å²) < 4.78 is 24.5. The Morgan fingerprint density at radius 3 is 2.11 bits per heavy atom. The molecule has 0 N–H and O–H groups in total. The Kier molecular flexibility index (Phi) is 5.64. The summed E-state index contributed by atoms with van der Waals surface area (Å²) in [4.78, 5) is 0. The quantitative estimate of drug-likeness (QED) is 0.227. The fraction of sp³-hybridized carbons (Fsp3) is 0.147. The van der Waals surface area contributed by atoms with Crippen molar-refractivity contribution >= 4 is 21.9 Å². The lowest BCUT2D eigenvalue weighted by molar-refractivity contribution is -0.660. The van der Waals surface area contributed by atoms with Crippen LogP contribution in [0, 0.1) is 12.7 Å². The van der Waals surface area contributed by atoms with E-state index >= 15 is 4.39 Å². The van der Waals surface area contributed by atoms with Gasteiger partial charge in [-0.1, -0.05) is 86.6 Å². The van der Waals surface area contributed by atoms with E-state index in [1.165, 1.54) is 5.56 Å². The maximum absolute atomic E-state index is 16.0. The molecule has 0 fully saturated rings. The number of nitrogens with zero attached hydrogens (tertiary/aromatic N) is 1. The molecule has 2 aromatic heterocycles. The van der Waals surface area contributed by atoms with E-state index in [-0.39, 0.29) is 5.82 Å². The highest BCUT2D eigenvalue weighted by molar-refractivity contribution is 6.10. The van der Waals surface area contributed by atoms with Crippen molar-refractivity contribution in [2.45, 2.75) is 26.7 Å².